The van der Waals surface area contributed by atoms with Gasteiger partial charge in [0.15, 0.2) is 17.7 Å². The summed E-state index contributed by atoms with van der Waals surface area (Å²) in [4.78, 5) is 156. The summed E-state index contributed by atoms with van der Waals surface area (Å²) in [5.74, 6) is 0.958. The van der Waals surface area contributed by atoms with Crippen molar-refractivity contribution in [1.82, 2.24) is 44.7 Å². The summed E-state index contributed by atoms with van der Waals surface area (Å²) < 4.78 is 54.6. The van der Waals surface area contributed by atoms with E-state index in [-0.39, 0.29) is 104 Å². The number of hydrogen-bond donors (Lipinski definition) is 2. The number of methoxy groups -OCH3 is 5. The molecule has 6 aromatic rings. The monoisotopic (exact) mass is 2110 g/mol. The number of nitrogens with zero attached hydrogens (tertiary/aromatic N) is 15. The molecule has 1 amide bonds. The van der Waals surface area contributed by atoms with Crippen LogP contribution in [0.2, 0.25) is 36.3 Å². The van der Waals surface area contributed by atoms with Crippen LogP contribution >= 0.6 is 128 Å². The Bertz CT molecular complexity index is 4760. The van der Waals surface area contributed by atoms with Gasteiger partial charge in [-0.1, -0.05) is 119 Å². The number of fused-ring (bicyclic) bond motifs is 6. The van der Waals surface area contributed by atoms with Crippen molar-refractivity contribution in [2.24, 2.45) is 16.1 Å². The SMILES string of the molecule is CCC(N)(COCCCl)C(=O)OC.CCC(N=Cc1ccc(Cl)cc1)C(=O)OC.CCC(NCl)C(=O)OC.CCC1(C(=O)OC)CCCOC1.CCC12COCCN1c1nc(Cl)ncc1CC2=O.CCC12COCCN1c1nc(Cl)ncc1N(C)C2=O.CCC1C(C(=O)OC)OCCN1c1nc(Cl)ncc1[N+](=O)[O-].ClCCOCCl.O=Cc1ccc(Cl)cc1.O=[N+]([O-])c1cnc(Cl)nc1Cl. The second kappa shape index (κ2) is 63.3. The zero-order valence-electron chi connectivity index (χ0n) is 76.6. The largest absolute Gasteiger partial charge is 0.469 e. The van der Waals surface area contributed by atoms with Crippen LogP contribution in [0.4, 0.5) is 34.5 Å². The van der Waals surface area contributed by atoms with E-state index in [9.17, 15) is 58.6 Å². The smallest absolute Gasteiger partial charge is 0.337 e. The third kappa shape index (κ3) is 36.4. The van der Waals surface area contributed by atoms with E-state index in [1.165, 1.54) is 35.5 Å². The van der Waals surface area contributed by atoms with Gasteiger partial charge in [0.1, 0.15) is 65.0 Å². The maximum Gasteiger partial charge on any atom is 0.337 e. The topological polar surface area (TPSA) is 491 Å². The van der Waals surface area contributed by atoms with Gasteiger partial charge in [-0.15, -0.1) is 23.2 Å². The molecule has 0 spiro atoms. The Hall–Kier alpha value is -8.34. The number of benzene rings is 2. The highest BCUT2D eigenvalue weighted by atomic mass is 35.5. The first-order valence-electron chi connectivity index (χ1n) is 41.8. The van der Waals surface area contributed by atoms with E-state index in [0.717, 1.165) is 61.5 Å². The number of ether oxygens (including phenoxy) is 11. The van der Waals surface area contributed by atoms with Crippen LogP contribution in [0.3, 0.4) is 0 Å². The summed E-state index contributed by atoms with van der Waals surface area (Å²) in [6.07, 6.45) is 13.5. The predicted octanol–water partition coefficient (Wildman–Crippen LogP) is 14.1. The number of aromatic nitrogens is 8. The van der Waals surface area contributed by atoms with Crippen molar-refractivity contribution >= 4 is 216 Å². The van der Waals surface area contributed by atoms with Gasteiger partial charge in [0, 0.05) is 85.1 Å². The van der Waals surface area contributed by atoms with Gasteiger partial charge in [-0.3, -0.25) is 49.2 Å². The molecule has 10 heterocycles. The van der Waals surface area contributed by atoms with E-state index < -0.39 is 56.6 Å². The fourth-order valence-corrected chi connectivity index (χ4v) is 14.8. The summed E-state index contributed by atoms with van der Waals surface area (Å²) in [5.41, 5.74) is 5.61. The summed E-state index contributed by atoms with van der Waals surface area (Å²) in [7, 11) is 8.45. The lowest BCUT2D eigenvalue weighted by Crippen LogP contribution is -2.68. The molecule has 6 aliphatic rings. The molecule has 8 unspecified atom stereocenters. The van der Waals surface area contributed by atoms with E-state index in [0.29, 0.717) is 150 Å². The Kier molecular flexibility index (Phi) is 56.6. The Balaban J connectivity index is 0.000000393. The van der Waals surface area contributed by atoms with Crippen LogP contribution in [0.5, 0.6) is 0 Å². The fraction of sp³-hybridized carbons (Fsp3) is 0.560. The number of carbonyl (C=O) groups excluding carboxylic acids is 8. The first-order valence-corrected chi connectivity index (χ1v) is 46.4. The van der Waals surface area contributed by atoms with Gasteiger partial charge in [-0.2, -0.15) is 15.0 Å². The molecule has 4 saturated heterocycles. The number of hydrogen-bond acceptors (Lipinski definition) is 37. The van der Waals surface area contributed by atoms with E-state index in [2.05, 4.69) is 68.6 Å². The minimum absolute atomic E-state index is 0.0214. The number of likely N-dealkylation sites (N-methyl/N-ethyl adjacent to an activating group) is 1. The lowest BCUT2D eigenvalue weighted by Gasteiger charge is -2.51. The number of rotatable bonds is 26. The number of amides is 1. The molecule has 4 fully saturated rings. The minimum atomic E-state index is -1.04. The molecule has 51 heteroatoms. The maximum absolute atomic E-state index is 12.7. The number of carbonyl (C=O) groups is 8. The van der Waals surface area contributed by atoms with E-state index >= 15 is 0 Å². The van der Waals surface area contributed by atoms with Crippen LogP contribution in [-0.2, 0) is 92.1 Å². The molecule has 4 aromatic heterocycles. The highest BCUT2D eigenvalue weighted by Gasteiger charge is 2.53. The van der Waals surface area contributed by atoms with Crippen molar-refractivity contribution in [3.8, 4) is 0 Å². The van der Waals surface area contributed by atoms with Gasteiger partial charge in [0.25, 0.3) is 5.91 Å². The number of nitrogens with two attached hydrogens (primary N) is 1. The highest BCUT2D eigenvalue weighted by molar-refractivity contribution is 6.33. The normalized spacial score (nSPS) is 19.0. The molecule has 0 bridgehead atoms. The average Bonchev–Trinajstić information content (AvgIpc) is 0.732. The third-order valence-electron chi connectivity index (χ3n) is 21.0. The fourth-order valence-electron chi connectivity index (χ4n) is 13.3. The van der Waals surface area contributed by atoms with Gasteiger partial charge in [0.2, 0.25) is 32.1 Å². The first-order chi connectivity index (χ1) is 64.4. The summed E-state index contributed by atoms with van der Waals surface area (Å²) in [5, 5.41) is 22.6. The van der Waals surface area contributed by atoms with Crippen LogP contribution in [0.15, 0.2) is 78.3 Å². The average molecular weight is 2120 g/mol. The molecule has 748 valence electrons. The maximum atomic E-state index is 12.7. The van der Waals surface area contributed by atoms with Gasteiger partial charge < -0.3 is 77.4 Å². The molecule has 40 nitrogen and oxygen atoms in total. The zero-order valence-corrected chi connectivity index (χ0v) is 84.9. The Labute approximate surface area is 837 Å². The number of Topliss-reactive ketones (excluding diaryl/α,β-unsaturated/α-hetero) is 1. The third-order valence-corrected chi connectivity index (χ3v) is 23.2. The quantitative estimate of drug-likeness (QED) is 0.00435. The molecule has 2 aromatic carbocycles. The Morgan fingerprint density at radius 3 is 1.61 bits per heavy atom. The van der Waals surface area contributed by atoms with Crippen LogP contribution < -0.4 is 30.2 Å². The number of aldehydes is 1. The molecule has 0 radical (unpaired) electrons. The number of halogens is 11. The molecule has 0 aliphatic carbocycles. The summed E-state index contributed by atoms with van der Waals surface area (Å²) in [6.45, 7) is 19.6. The van der Waals surface area contributed by atoms with Crippen molar-refractivity contribution in [1.29, 1.82) is 0 Å². The molecule has 6 aliphatic heterocycles. The van der Waals surface area contributed by atoms with E-state index in [4.69, 9.17) is 167 Å². The van der Waals surface area contributed by atoms with Crippen molar-refractivity contribution in [2.45, 2.75) is 154 Å². The van der Waals surface area contributed by atoms with E-state index in [1.54, 1.807) is 78.8 Å². The second-order valence-corrected chi connectivity index (χ2v) is 32.7. The predicted molar refractivity (Wildman–Crippen MR) is 514 cm³/mol. The second-order valence-electron chi connectivity index (χ2n) is 28.9. The molecule has 3 N–H and O–H groups in total. The van der Waals surface area contributed by atoms with Gasteiger partial charge in [0.05, 0.1) is 123 Å². The highest BCUT2D eigenvalue weighted by Crippen LogP contribution is 2.43. The molecule has 8 atom stereocenters. The molecule has 135 heavy (non-hydrogen) atoms. The molecular formula is C84H112Cl11N17O23. The van der Waals surface area contributed by atoms with Crippen LogP contribution in [0.25, 0.3) is 0 Å². The summed E-state index contributed by atoms with van der Waals surface area (Å²) >= 11 is 60.4. The van der Waals surface area contributed by atoms with Crippen molar-refractivity contribution in [3.63, 3.8) is 0 Å². The molecule has 0 saturated carbocycles. The number of anilines is 4. The number of alkyl halides is 3. The first kappa shape index (κ1) is 121. The number of morpholine rings is 3. The summed E-state index contributed by atoms with van der Waals surface area (Å²) in [6, 6.07) is 13.0. The number of ketones is 1. The minimum Gasteiger partial charge on any atom is -0.469 e. The van der Waals surface area contributed by atoms with Crippen LogP contribution in [0, 0.1) is 25.6 Å². The number of nitro groups is 2. The van der Waals surface area contributed by atoms with Crippen LogP contribution in [0.1, 0.15) is 128 Å². The van der Waals surface area contributed by atoms with Gasteiger partial charge in [-0.05, 0) is 146 Å². The lowest BCUT2D eigenvalue weighted by atomic mass is 9.80. The zero-order chi connectivity index (χ0) is 101. The van der Waals surface area contributed by atoms with Crippen molar-refractivity contribution in [3.05, 3.63) is 147 Å². The van der Waals surface area contributed by atoms with Crippen molar-refractivity contribution < 1.29 is 100 Å². The van der Waals surface area contributed by atoms with Gasteiger partial charge in [-0.25, -0.2) is 44.1 Å². The molecular weight excluding hydrogens is 2010 g/mol. The Morgan fingerprint density at radius 2 is 1.16 bits per heavy atom. The number of aliphatic imine (C=N–C) groups is 1. The molecule has 12 rings (SSSR count). The van der Waals surface area contributed by atoms with Crippen molar-refractivity contribution in [2.75, 3.05) is 166 Å². The standard InChI is InChI=1S/C12H15ClN4O5.C12H15ClN4O2.C12H14ClN3O2.C12H14ClNO2.C9H16O3.C8H16ClNO3.C7H5ClO.C5H10ClNO2.C4HCl2N3O2.C3H6Cl2O/c1-3-7-9(11(18)21-2)22-5-4-16(7)10-8(17(19)20)6-14-12(13)15-10;1-3-12-7-19-5-4-17(12)9-8(16(2)10(12)18)6-14-11(13)15-9;1-2-12-7-18-4-3-16(12)10-8(5-9(12)17)6-14-11(13)15-10;1-3-11(12(15)16-2)14-8-9-4-6-10(13)7-5-9;1-3-9(8(10)11-2)5-4-6-12-7-9;1-3-8(10,7(11)12-2)6-13-5-4-9;8-7-3-1-6(5-9)2-4-7;1-3-4(7-6)5(8)9-2;5-3-2(9(10)11)1-7-4(6)8-3;4-1-2-6-3-5/h6-7,9H,3-5H2,1-2H3;6H,3-5,7H2,1-2H3;6H,2-5,7H2,1H3;4-8,11H,3H2,1-2H3;3-7H2,1-2H3;3-6,10H2,1-2H3;1-5H;4,7H,3H2,1-2H3;1H;1-3H2. The van der Waals surface area contributed by atoms with Gasteiger partial charge >= 0.3 is 41.2 Å². The Morgan fingerprint density at radius 1 is 0.630 bits per heavy atom. The number of esters is 5. The van der Waals surface area contributed by atoms with E-state index in [1.807, 2.05) is 63.5 Å². The number of nitrogens with one attached hydrogen (secondary N) is 1. The van der Waals surface area contributed by atoms with Crippen LogP contribution in [-0.4, -0.2) is 291 Å². The lowest BCUT2D eigenvalue weighted by molar-refractivity contribution is -0.385.